The van der Waals surface area contributed by atoms with E-state index in [1.807, 2.05) is 6.92 Å². The summed E-state index contributed by atoms with van der Waals surface area (Å²) in [5.41, 5.74) is 4.69. The number of hydroxylamine groups is 2. The number of ether oxygens (including phenoxy) is 6. The second kappa shape index (κ2) is 12.2. The van der Waals surface area contributed by atoms with Crippen LogP contribution in [-0.2, 0) is 24.6 Å². The molecule has 0 bridgehead atoms. The number of benzene rings is 1. The molecule has 0 spiro atoms. The van der Waals surface area contributed by atoms with Crippen LogP contribution in [0.1, 0.15) is 51.0 Å². The number of nitrogens with two attached hydrogens (primary N) is 1. The molecule has 10 heteroatoms. The van der Waals surface area contributed by atoms with Gasteiger partial charge in [0.25, 0.3) is 5.91 Å². The maximum Gasteiger partial charge on any atom is 0.285 e. The Bertz CT molecular complexity index is 822. The summed E-state index contributed by atoms with van der Waals surface area (Å²) in [6, 6.07) is 2.99. The van der Waals surface area contributed by atoms with Crippen molar-refractivity contribution >= 4 is 5.91 Å². The van der Waals surface area contributed by atoms with Crippen molar-refractivity contribution in [2.45, 2.75) is 75.4 Å². The van der Waals surface area contributed by atoms with Gasteiger partial charge < -0.3 is 34.2 Å². The molecule has 35 heavy (non-hydrogen) atoms. The third-order valence-corrected chi connectivity index (χ3v) is 6.95. The van der Waals surface area contributed by atoms with E-state index in [1.165, 1.54) is 28.4 Å². The van der Waals surface area contributed by atoms with Gasteiger partial charge in [0.15, 0.2) is 11.5 Å². The first kappa shape index (κ1) is 27.5. The molecule has 0 aromatic heterocycles. The molecule has 0 radical (unpaired) electrons. The molecule has 1 saturated heterocycles. The predicted molar refractivity (Wildman–Crippen MR) is 128 cm³/mol. The summed E-state index contributed by atoms with van der Waals surface area (Å²) in [6.45, 7) is 2.43. The lowest BCUT2D eigenvalue weighted by Gasteiger charge is -2.39. The average Bonchev–Trinajstić information content (AvgIpc) is 3.24. The van der Waals surface area contributed by atoms with Crippen molar-refractivity contribution < 1.29 is 38.4 Å². The smallest absolute Gasteiger partial charge is 0.285 e. The van der Waals surface area contributed by atoms with Crippen LogP contribution in [0.15, 0.2) is 12.1 Å². The van der Waals surface area contributed by atoms with Crippen molar-refractivity contribution in [3.8, 4) is 17.2 Å². The summed E-state index contributed by atoms with van der Waals surface area (Å²) in [5, 5.41) is 12.1. The fraction of sp³-hybridized carbons (Fsp3) is 0.720. The molecule has 1 amide bonds. The van der Waals surface area contributed by atoms with Crippen LogP contribution in [0.2, 0.25) is 0 Å². The van der Waals surface area contributed by atoms with Crippen LogP contribution in [0.5, 0.6) is 17.2 Å². The van der Waals surface area contributed by atoms with Gasteiger partial charge in [0.2, 0.25) is 11.4 Å². The Morgan fingerprint density at radius 2 is 1.74 bits per heavy atom. The van der Waals surface area contributed by atoms with Crippen LogP contribution in [0, 0.1) is 0 Å². The number of carbonyl (C=O) groups is 1. The molecular formula is C25H40N2O8. The lowest BCUT2D eigenvalue weighted by molar-refractivity contribution is -0.213. The largest absolute Gasteiger partial charge is 0.493 e. The minimum Gasteiger partial charge on any atom is -0.493 e. The Balaban J connectivity index is 2.23. The molecule has 4 unspecified atom stereocenters. The molecule has 1 saturated carbocycles. The number of amides is 1. The molecule has 198 valence electrons. The van der Waals surface area contributed by atoms with Gasteiger partial charge in [-0.1, -0.05) is 26.2 Å². The van der Waals surface area contributed by atoms with Crippen molar-refractivity contribution in [1.82, 2.24) is 5.06 Å². The van der Waals surface area contributed by atoms with Crippen molar-refractivity contribution in [2.24, 2.45) is 5.73 Å². The van der Waals surface area contributed by atoms with Crippen LogP contribution >= 0.6 is 0 Å². The summed E-state index contributed by atoms with van der Waals surface area (Å²) in [6.07, 6.45) is 2.92. The molecule has 1 heterocycles. The quantitative estimate of drug-likeness (QED) is 0.352. The topological polar surface area (TPSA) is 122 Å². The van der Waals surface area contributed by atoms with Crippen LogP contribution < -0.4 is 19.9 Å². The van der Waals surface area contributed by atoms with Gasteiger partial charge in [-0.3, -0.25) is 10.0 Å². The minimum absolute atomic E-state index is 0.0960. The first-order valence-corrected chi connectivity index (χ1v) is 12.3. The Morgan fingerprint density at radius 1 is 1.11 bits per heavy atom. The zero-order valence-electron chi connectivity index (χ0n) is 21.5. The third kappa shape index (κ3) is 5.08. The maximum absolute atomic E-state index is 14.3. The van der Waals surface area contributed by atoms with Gasteiger partial charge in [-0.2, -0.15) is 0 Å². The lowest BCUT2D eigenvalue weighted by atomic mass is 9.84. The second-order valence-corrected chi connectivity index (χ2v) is 8.97. The van der Waals surface area contributed by atoms with Crippen molar-refractivity contribution in [3.05, 3.63) is 17.7 Å². The van der Waals surface area contributed by atoms with Gasteiger partial charge in [-0.05, 0) is 31.4 Å². The fourth-order valence-electron chi connectivity index (χ4n) is 5.20. The number of nitrogens with zero attached hydrogens (tertiary/aromatic N) is 1. The third-order valence-electron chi connectivity index (χ3n) is 6.95. The highest BCUT2D eigenvalue weighted by molar-refractivity contribution is 5.88. The number of hydrogen-bond donors (Lipinski definition) is 2. The molecule has 1 aliphatic carbocycles. The Hall–Kier alpha value is -2.11. The molecular weight excluding hydrogens is 456 g/mol. The molecule has 1 aromatic rings. The standard InChI is InChI=1S/C25H40N2O8/c1-6-12-34-23-22(33-5)20(15-26)35-25(23,24(28)27(29)17-10-8-7-9-11-17)16-13-18(30-2)21(32-4)19(14-16)31-3/h13-14,17,20,22-23,29H,6-12,15,26H2,1-5H3. The zero-order valence-corrected chi connectivity index (χ0v) is 21.5. The van der Waals surface area contributed by atoms with Crippen LogP contribution in [0.3, 0.4) is 0 Å². The molecule has 2 aliphatic rings. The van der Waals surface area contributed by atoms with E-state index < -0.39 is 29.8 Å². The fourth-order valence-corrected chi connectivity index (χ4v) is 5.20. The Labute approximate surface area is 207 Å². The monoisotopic (exact) mass is 496 g/mol. The number of methoxy groups -OCH3 is 4. The van der Waals surface area contributed by atoms with Crippen LogP contribution in [0.25, 0.3) is 0 Å². The molecule has 3 rings (SSSR count). The molecule has 1 aliphatic heterocycles. The van der Waals surface area contributed by atoms with Gasteiger partial charge in [-0.15, -0.1) is 0 Å². The highest BCUT2D eigenvalue weighted by Gasteiger charge is 2.63. The summed E-state index contributed by atoms with van der Waals surface area (Å²) in [4.78, 5) is 14.3. The van der Waals surface area contributed by atoms with E-state index in [9.17, 15) is 10.0 Å². The molecule has 4 atom stereocenters. The summed E-state index contributed by atoms with van der Waals surface area (Å²) < 4.78 is 35.1. The normalized spacial score (nSPS) is 27.0. The molecule has 1 aromatic carbocycles. The van der Waals surface area contributed by atoms with E-state index in [0.717, 1.165) is 24.3 Å². The lowest BCUT2D eigenvalue weighted by Crippen LogP contribution is -2.56. The van der Waals surface area contributed by atoms with Crippen molar-refractivity contribution in [2.75, 3.05) is 41.6 Å². The van der Waals surface area contributed by atoms with Crippen LogP contribution in [-0.4, -0.2) is 82.1 Å². The van der Waals surface area contributed by atoms with Crippen molar-refractivity contribution in [3.63, 3.8) is 0 Å². The highest BCUT2D eigenvalue weighted by atomic mass is 16.6. The summed E-state index contributed by atoms with van der Waals surface area (Å²) in [7, 11) is 6.03. The molecule has 10 nitrogen and oxygen atoms in total. The minimum atomic E-state index is -1.75. The zero-order chi connectivity index (χ0) is 25.6. The summed E-state index contributed by atoms with van der Waals surface area (Å²) in [5.74, 6) is 0.438. The first-order valence-electron chi connectivity index (χ1n) is 12.3. The Morgan fingerprint density at radius 3 is 2.23 bits per heavy atom. The predicted octanol–water partition coefficient (Wildman–Crippen LogP) is 2.63. The SMILES string of the molecule is CCCOC1C(OC)C(CN)OC1(C(=O)N(O)C1CCCCC1)c1cc(OC)c(OC)c(OC)c1. The molecule has 2 fully saturated rings. The molecule has 3 N–H and O–H groups in total. The summed E-state index contributed by atoms with van der Waals surface area (Å²) >= 11 is 0. The average molecular weight is 497 g/mol. The van der Waals surface area contributed by atoms with E-state index in [1.54, 1.807) is 12.1 Å². The second-order valence-electron chi connectivity index (χ2n) is 8.97. The maximum atomic E-state index is 14.3. The van der Waals surface area contributed by atoms with E-state index in [2.05, 4.69) is 0 Å². The number of hydrogen-bond acceptors (Lipinski definition) is 9. The highest BCUT2D eigenvalue weighted by Crippen LogP contribution is 2.49. The van der Waals surface area contributed by atoms with Crippen LogP contribution in [0.4, 0.5) is 0 Å². The van der Waals surface area contributed by atoms with E-state index in [-0.39, 0.29) is 12.6 Å². The number of carbonyl (C=O) groups excluding carboxylic acids is 1. The van der Waals surface area contributed by atoms with Gasteiger partial charge in [0.05, 0.1) is 27.4 Å². The van der Waals surface area contributed by atoms with E-state index in [0.29, 0.717) is 48.7 Å². The Kier molecular flexibility index (Phi) is 9.60. The first-order chi connectivity index (χ1) is 16.9. The van der Waals surface area contributed by atoms with Gasteiger partial charge in [0.1, 0.15) is 18.3 Å². The van der Waals surface area contributed by atoms with Gasteiger partial charge >= 0.3 is 0 Å². The van der Waals surface area contributed by atoms with Gasteiger partial charge in [0, 0.05) is 25.8 Å². The number of rotatable bonds is 11. The van der Waals surface area contributed by atoms with Gasteiger partial charge in [-0.25, -0.2) is 5.06 Å². The van der Waals surface area contributed by atoms with Crippen molar-refractivity contribution in [1.29, 1.82) is 0 Å². The van der Waals surface area contributed by atoms with E-state index >= 15 is 0 Å². The van der Waals surface area contributed by atoms with E-state index in [4.69, 9.17) is 34.2 Å².